The third kappa shape index (κ3) is 3.49. The smallest absolute Gasteiger partial charge is 0.293 e. The van der Waals surface area contributed by atoms with Crippen molar-refractivity contribution < 1.29 is 19.3 Å². The Balaban J connectivity index is 1.81. The van der Waals surface area contributed by atoms with E-state index < -0.39 is 29.2 Å². The Bertz CT molecular complexity index is 981. The van der Waals surface area contributed by atoms with E-state index in [1.807, 2.05) is 0 Å². The summed E-state index contributed by atoms with van der Waals surface area (Å²) in [4.78, 5) is 48.3. The third-order valence-corrected chi connectivity index (χ3v) is 4.66. The molecule has 2 aromatic carbocycles. The van der Waals surface area contributed by atoms with Gasteiger partial charge in [0.25, 0.3) is 17.5 Å². The number of hydrogen-bond donors (Lipinski definition) is 1. The van der Waals surface area contributed by atoms with Crippen molar-refractivity contribution in [2.75, 3.05) is 11.9 Å². The van der Waals surface area contributed by atoms with E-state index in [0.717, 1.165) is 4.90 Å². The van der Waals surface area contributed by atoms with E-state index in [2.05, 4.69) is 5.32 Å². The fraction of sp³-hybridized carbons (Fsp3) is 0.118. The van der Waals surface area contributed by atoms with Crippen LogP contribution in [-0.4, -0.2) is 34.1 Å². The minimum atomic E-state index is -0.756. The molecule has 27 heavy (non-hydrogen) atoms. The standard InChI is InChI=1S/C17H11Cl2N3O5/c1-8-2-3-13(14(4-8)22(26)27)20-15(23)7-21-16(24)9-5-11(18)12(19)6-10(9)17(21)25/h2-6H,7H2,1H3,(H,20,23). The van der Waals surface area contributed by atoms with Gasteiger partial charge in [-0.3, -0.25) is 29.4 Å². The SMILES string of the molecule is Cc1ccc(NC(=O)CN2C(=O)c3cc(Cl)c(Cl)cc3C2=O)c([N+](=O)[O-])c1. The number of nitrogens with zero attached hydrogens (tertiary/aromatic N) is 2. The molecule has 138 valence electrons. The number of carbonyl (C=O) groups is 3. The van der Waals surface area contributed by atoms with Gasteiger partial charge in [-0.25, -0.2) is 0 Å². The molecule has 0 aromatic heterocycles. The number of anilines is 1. The molecule has 1 N–H and O–H groups in total. The van der Waals surface area contributed by atoms with Gasteiger partial charge in [-0.1, -0.05) is 29.3 Å². The van der Waals surface area contributed by atoms with Gasteiger partial charge in [-0.15, -0.1) is 0 Å². The normalized spacial score (nSPS) is 12.9. The van der Waals surface area contributed by atoms with Crippen LogP contribution in [0.15, 0.2) is 30.3 Å². The minimum Gasteiger partial charge on any atom is -0.319 e. The lowest BCUT2D eigenvalue weighted by atomic mass is 10.1. The number of benzene rings is 2. The number of carbonyl (C=O) groups excluding carboxylic acids is 3. The van der Waals surface area contributed by atoms with Crippen molar-refractivity contribution in [1.29, 1.82) is 0 Å². The molecule has 0 fully saturated rings. The number of nitrogens with one attached hydrogen (secondary N) is 1. The number of nitro benzene ring substituents is 1. The predicted molar refractivity (Wildman–Crippen MR) is 98.3 cm³/mol. The maximum absolute atomic E-state index is 12.4. The van der Waals surface area contributed by atoms with Gasteiger partial charge in [0.2, 0.25) is 5.91 Å². The van der Waals surface area contributed by atoms with Crippen molar-refractivity contribution in [3.05, 3.63) is 67.2 Å². The summed E-state index contributed by atoms with van der Waals surface area (Å²) in [6.45, 7) is 1.07. The van der Waals surface area contributed by atoms with Crippen molar-refractivity contribution in [3.63, 3.8) is 0 Å². The van der Waals surface area contributed by atoms with Crippen LogP contribution in [-0.2, 0) is 4.79 Å². The molecule has 8 nitrogen and oxygen atoms in total. The zero-order valence-corrected chi connectivity index (χ0v) is 15.3. The second-order valence-corrected chi connectivity index (χ2v) is 6.65. The van der Waals surface area contributed by atoms with Crippen LogP contribution >= 0.6 is 23.2 Å². The first-order chi connectivity index (χ1) is 12.7. The molecule has 3 amide bonds. The molecule has 0 atom stereocenters. The molecule has 0 radical (unpaired) electrons. The first kappa shape index (κ1) is 18.8. The number of hydrogen-bond acceptors (Lipinski definition) is 5. The van der Waals surface area contributed by atoms with Crippen LogP contribution in [0.3, 0.4) is 0 Å². The Kier molecular flexibility index (Phi) is 4.86. The molecule has 0 bridgehead atoms. The Morgan fingerprint density at radius 3 is 2.19 bits per heavy atom. The first-order valence-corrected chi connectivity index (χ1v) is 8.34. The van der Waals surface area contributed by atoms with Crippen LogP contribution in [0.5, 0.6) is 0 Å². The molecule has 1 aliphatic heterocycles. The van der Waals surface area contributed by atoms with Crippen LogP contribution in [0.25, 0.3) is 0 Å². The molecule has 0 saturated carbocycles. The quantitative estimate of drug-likeness (QED) is 0.474. The number of halogens is 2. The Morgan fingerprint density at radius 2 is 1.67 bits per heavy atom. The molecule has 0 unspecified atom stereocenters. The molecular formula is C17H11Cl2N3O5. The van der Waals surface area contributed by atoms with Gasteiger partial charge >= 0.3 is 0 Å². The third-order valence-electron chi connectivity index (χ3n) is 3.94. The highest BCUT2D eigenvalue weighted by Crippen LogP contribution is 2.31. The summed E-state index contributed by atoms with van der Waals surface area (Å²) >= 11 is 11.7. The topological polar surface area (TPSA) is 110 Å². The largest absolute Gasteiger partial charge is 0.319 e. The molecule has 0 aliphatic carbocycles. The zero-order valence-electron chi connectivity index (χ0n) is 13.8. The van der Waals surface area contributed by atoms with Crippen molar-refractivity contribution in [2.45, 2.75) is 6.92 Å². The molecule has 0 saturated heterocycles. The number of nitro groups is 1. The van der Waals surface area contributed by atoms with Crippen LogP contribution < -0.4 is 5.32 Å². The van der Waals surface area contributed by atoms with Crippen molar-refractivity contribution in [1.82, 2.24) is 4.90 Å². The molecule has 3 rings (SSSR count). The summed E-state index contributed by atoms with van der Waals surface area (Å²) in [7, 11) is 0. The number of aryl methyl sites for hydroxylation is 1. The number of amides is 3. The van der Waals surface area contributed by atoms with Gasteiger partial charge in [0, 0.05) is 6.07 Å². The molecule has 1 heterocycles. The summed E-state index contributed by atoms with van der Waals surface area (Å²) in [6.07, 6.45) is 0. The highest BCUT2D eigenvalue weighted by Gasteiger charge is 2.37. The van der Waals surface area contributed by atoms with E-state index in [0.29, 0.717) is 5.56 Å². The zero-order chi connectivity index (χ0) is 19.9. The van der Waals surface area contributed by atoms with Crippen molar-refractivity contribution in [3.8, 4) is 0 Å². The number of imide groups is 1. The average molecular weight is 408 g/mol. The monoisotopic (exact) mass is 407 g/mol. The second-order valence-electron chi connectivity index (χ2n) is 5.83. The predicted octanol–water partition coefficient (Wildman–Crippen LogP) is 3.44. The fourth-order valence-corrected chi connectivity index (χ4v) is 2.99. The number of fused-ring (bicyclic) bond motifs is 1. The molecule has 2 aromatic rings. The van der Waals surface area contributed by atoms with Crippen LogP contribution in [0.2, 0.25) is 10.0 Å². The summed E-state index contributed by atoms with van der Waals surface area (Å²) in [5.74, 6) is -2.14. The lowest BCUT2D eigenvalue weighted by Crippen LogP contribution is -2.37. The van der Waals surface area contributed by atoms with Crippen LogP contribution in [0.1, 0.15) is 26.3 Å². The van der Waals surface area contributed by atoms with Gasteiger partial charge in [-0.2, -0.15) is 0 Å². The first-order valence-electron chi connectivity index (χ1n) is 7.59. The highest BCUT2D eigenvalue weighted by atomic mass is 35.5. The van der Waals surface area contributed by atoms with Gasteiger partial charge in [0.05, 0.1) is 26.1 Å². The highest BCUT2D eigenvalue weighted by molar-refractivity contribution is 6.43. The molecule has 1 aliphatic rings. The van der Waals surface area contributed by atoms with Crippen molar-refractivity contribution in [2.24, 2.45) is 0 Å². The second kappa shape index (κ2) is 6.98. The van der Waals surface area contributed by atoms with Gasteiger partial charge < -0.3 is 5.32 Å². The fourth-order valence-electron chi connectivity index (χ4n) is 2.66. The summed E-state index contributed by atoms with van der Waals surface area (Å²) in [5.41, 5.74) is 0.420. The van der Waals surface area contributed by atoms with E-state index in [-0.39, 0.29) is 32.5 Å². The van der Waals surface area contributed by atoms with Crippen LogP contribution in [0.4, 0.5) is 11.4 Å². The van der Waals surface area contributed by atoms with E-state index >= 15 is 0 Å². The lowest BCUT2D eigenvalue weighted by Gasteiger charge is -2.13. The Hall–Kier alpha value is -2.97. The van der Waals surface area contributed by atoms with E-state index in [1.165, 1.54) is 24.3 Å². The lowest BCUT2D eigenvalue weighted by molar-refractivity contribution is -0.384. The maximum atomic E-state index is 12.4. The van der Waals surface area contributed by atoms with E-state index in [9.17, 15) is 24.5 Å². The van der Waals surface area contributed by atoms with E-state index in [4.69, 9.17) is 23.2 Å². The van der Waals surface area contributed by atoms with Crippen molar-refractivity contribution >= 4 is 52.3 Å². The minimum absolute atomic E-state index is 0.0294. The van der Waals surface area contributed by atoms with Gasteiger partial charge in [0.15, 0.2) is 0 Å². The summed E-state index contributed by atoms with van der Waals surface area (Å²) in [5, 5.41) is 13.7. The summed E-state index contributed by atoms with van der Waals surface area (Å²) in [6, 6.07) is 6.81. The molecular weight excluding hydrogens is 397 g/mol. The number of rotatable bonds is 4. The average Bonchev–Trinajstić information content (AvgIpc) is 2.81. The maximum Gasteiger partial charge on any atom is 0.293 e. The molecule has 0 spiro atoms. The van der Waals surface area contributed by atoms with Crippen LogP contribution in [0, 0.1) is 17.0 Å². The Morgan fingerprint density at radius 1 is 1.11 bits per heavy atom. The molecule has 10 heteroatoms. The Labute approximate surface area is 162 Å². The van der Waals surface area contributed by atoms with Gasteiger partial charge in [-0.05, 0) is 30.7 Å². The summed E-state index contributed by atoms with van der Waals surface area (Å²) < 4.78 is 0. The van der Waals surface area contributed by atoms with Gasteiger partial charge in [0.1, 0.15) is 12.2 Å². The van der Waals surface area contributed by atoms with E-state index in [1.54, 1.807) is 13.0 Å².